The Labute approximate surface area is 143 Å². The Morgan fingerprint density at radius 1 is 1.40 bits per heavy atom. The molecule has 2 aromatic rings. The van der Waals surface area contributed by atoms with Gasteiger partial charge in [0.2, 0.25) is 0 Å². The van der Waals surface area contributed by atoms with Crippen molar-refractivity contribution in [3.8, 4) is 0 Å². The maximum Gasteiger partial charge on any atom is 0.159 e. The smallest absolute Gasteiger partial charge is 0.159 e. The van der Waals surface area contributed by atoms with Gasteiger partial charge >= 0.3 is 0 Å². The number of methoxy groups -OCH3 is 1. The molecule has 0 bridgehead atoms. The highest BCUT2D eigenvalue weighted by Crippen LogP contribution is 2.17. The van der Waals surface area contributed by atoms with E-state index in [0.29, 0.717) is 24.4 Å². The predicted molar refractivity (Wildman–Crippen MR) is 83.5 cm³/mol. The van der Waals surface area contributed by atoms with Gasteiger partial charge in [-0.05, 0) is 17.7 Å². The summed E-state index contributed by atoms with van der Waals surface area (Å²) < 4.78 is 38.5. The van der Waals surface area contributed by atoms with Crippen molar-refractivity contribution >= 4 is 0 Å². The summed E-state index contributed by atoms with van der Waals surface area (Å²) in [5.41, 5.74) is 1.28. The molecule has 3 rings (SSSR count). The molecular weight excluding hydrogens is 334 g/mol. The average molecular weight is 354 g/mol. The van der Waals surface area contributed by atoms with Crippen LogP contribution in [0, 0.1) is 11.6 Å². The molecule has 1 aliphatic rings. The van der Waals surface area contributed by atoms with Crippen LogP contribution in [0.25, 0.3) is 0 Å². The number of benzene rings is 1. The second-order valence-electron chi connectivity index (χ2n) is 5.96. The molecule has 0 aliphatic carbocycles. The fraction of sp³-hybridized carbons (Fsp3) is 0.500. The summed E-state index contributed by atoms with van der Waals surface area (Å²) in [6.45, 7) is 1.25. The molecule has 0 unspecified atom stereocenters. The van der Waals surface area contributed by atoms with Crippen molar-refractivity contribution in [3.63, 3.8) is 0 Å². The third kappa shape index (κ3) is 4.37. The van der Waals surface area contributed by atoms with Gasteiger partial charge in [-0.2, -0.15) is 0 Å². The normalized spacial score (nSPS) is 23.3. The third-order valence-corrected chi connectivity index (χ3v) is 4.07. The first-order valence-electron chi connectivity index (χ1n) is 7.91. The van der Waals surface area contributed by atoms with Gasteiger partial charge < -0.3 is 19.9 Å². The second-order valence-corrected chi connectivity index (χ2v) is 5.96. The summed E-state index contributed by atoms with van der Waals surface area (Å²) in [4.78, 5) is 0. The van der Waals surface area contributed by atoms with Crippen molar-refractivity contribution in [1.29, 1.82) is 0 Å². The number of hydrogen-bond acceptors (Lipinski definition) is 6. The molecule has 1 fully saturated rings. The van der Waals surface area contributed by atoms with E-state index in [9.17, 15) is 13.9 Å². The summed E-state index contributed by atoms with van der Waals surface area (Å²) >= 11 is 0. The molecule has 3 atom stereocenters. The van der Waals surface area contributed by atoms with E-state index in [-0.39, 0.29) is 25.3 Å². The Morgan fingerprint density at radius 3 is 3.00 bits per heavy atom. The zero-order valence-corrected chi connectivity index (χ0v) is 13.7. The maximum absolute atomic E-state index is 13.3. The zero-order valence-electron chi connectivity index (χ0n) is 13.7. The Balaban J connectivity index is 1.60. The minimum Gasteiger partial charge on any atom is -0.389 e. The number of nitrogens with zero attached hydrogens (tertiary/aromatic N) is 3. The molecule has 1 aromatic heterocycles. The molecule has 1 saturated heterocycles. The fourth-order valence-electron chi connectivity index (χ4n) is 2.82. The number of aliphatic hydroxyl groups excluding tert-OH is 1. The lowest BCUT2D eigenvalue weighted by atomic mass is 10.1. The van der Waals surface area contributed by atoms with Crippen molar-refractivity contribution in [3.05, 3.63) is 47.3 Å². The van der Waals surface area contributed by atoms with E-state index in [1.807, 2.05) is 0 Å². The topological polar surface area (TPSA) is 81.4 Å². The van der Waals surface area contributed by atoms with Gasteiger partial charge in [-0.1, -0.05) is 11.3 Å². The van der Waals surface area contributed by atoms with E-state index in [1.165, 1.54) is 6.07 Å². The van der Waals surface area contributed by atoms with Crippen LogP contribution < -0.4 is 5.32 Å². The number of ether oxygens (including phenoxy) is 2. The molecule has 0 amide bonds. The Bertz CT molecular complexity index is 712. The highest BCUT2D eigenvalue weighted by atomic mass is 19.2. The lowest BCUT2D eigenvalue weighted by Crippen LogP contribution is -2.45. The van der Waals surface area contributed by atoms with Gasteiger partial charge in [0.1, 0.15) is 5.69 Å². The highest BCUT2D eigenvalue weighted by molar-refractivity contribution is 5.17. The Morgan fingerprint density at radius 2 is 2.24 bits per heavy atom. The van der Waals surface area contributed by atoms with Crippen LogP contribution in [0.4, 0.5) is 8.78 Å². The average Bonchev–Trinajstić information content (AvgIpc) is 3.17. The van der Waals surface area contributed by atoms with Crippen molar-refractivity contribution < 1.29 is 23.4 Å². The van der Waals surface area contributed by atoms with Gasteiger partial charge in [0.15, 0.2) is 11.6 Å². The third-order valence-electron chi connectivity index (χ3n) is 4.07. The lowest BCUT2D eigenvalue weighted by molar-refractivity contribution is 0.0741. The van der Waals surface area contributed by atoms with Crippen LogP contribution in [0.1, 0.15) is 11.3 Å². The first kappa shape index (κ1) is 17.9. The molecule has 136 valence electrons. The molecule has 25 heavy (non-hydrogen) atoms. The molecular formula is C16H20F2N4O3. The summed E-state index contributed by atoms with van der Waals surface area (Å²) in [5.74, 6) is -1.78. The van der Waals surface area contributed by atoms with Gasteiger partial charge in [-0.15, -0.1) is 5.10 Å². The summed E-state index contributed by atoms with van der Waals surface area (Å²) in [5, 5.41) is 21.2. The number of aromatic nitrogens is 3. The van der Waals surface area contributed by atoms with Gasteiger partial charge in [0.25, 0.3) is 0 Å². The van der Waals surface area contributed by atoms with Gasteiger partial charge in [0.05, 0.1) is 44.2 Å². The van der Waals surface area contributed by atoms with Crippen LogP contribution in [-0.4, -0.2) is 52.1 Å². The summed E-state index contributed by atoms with van der Waals surface area (Å²) in [7, 11) is 1.58. The van der Waals surface area contributed by atoms with Gasteiger partial charge in [-0.25, -0.2) is 13.5 Å². The van der Waals surface area contributed by atoms with Crippen LogP contribution in [-0.2, 0) is 29.2 Å². The SMILES string of the molecule is COCc1cn(C[C@H]2OC[C@H](O)[C@H]2NCc2ccc(F)c(F)c2)nn1. The minimum atomic E-state index is -0.896. The second kappa shape index (κ2) is 7.96. The van der Waals surface area contributed by atoms with Crippen LogP contribution in [0.3, 0.4) is 0 Å². The van der Waals surface area contributed by atoms with E-state index < -0.39 is 17.7 Å². The summed E-state index contributed by atoms with van der Waals surface area (Å²) in [6.07, 6.45) is 0.735. The van der Waals surface area contributed by atoms with Gasteiger partial charge in [-0.3, -0.25) is 0 Å². The number of rotatable bonds is 7. The first-order valence-corrected chi connectivity index (χ1v) is 7.91. The van der Waals surface area contributed by atoms with E-state index in [1.54, 1.807) is 18.0 Å². The number of nitrogens with one attached hydrogen (secondary N) is 1. The number of aliphatic hydroxyl groups is 1. The van der Waals surface area contributed by atoms with E-state index >= 15 is 0 Å². The number of hydrogen-bond donors (Lipinski definition) is 2. The van der Waals surface area contributed by atoms with Crippen LogP contribution >= 0.6 is 0 Å². The monoisotopic (exact) mass is 354 g/mol. The van der Waals surface area contributed by atoms with Crippen LogP contribution in [0.5, 0.6) is 0 Å². The highest BCUT2D eigenvalue weighted by Gasteiger charge is 2.36. The van der Waals surface area contributed by atoms with E-state index in [0.717, 1.165) is 12.1 Å². The summed E-state index contributed by atoms with van der Waals surface area (Å²) in [6, 6.07) is 3.35. The predicted octanol–water partition coefficient (Wildman–Crippen LogP) is 0.621. The van der Waals surface area contributed by atoms with Crippen LogP contribution in [0.2, 0.25) is 0 Å². The van der Waals surface area contributed by atoms with Crippen molar-refractivity contribution in [2.45, 2.75) is 37.9 Å². The maximum atomic E-state index is 13.3. The molecule has 0 spiro atoms. The van der Waals surface area contributed by atoms with Crippen molar-refractivity contribution in [2.75, 3.05) is 13.7 Å². The largest absolute Gasteiger partial charge is 0.389 e. The molecule has 9 heteroatoms. The Hall–Kier alpha value is -1.94. The van der Waals surface area contributed by atoms with Crippen molar-refractivity contribution in [2.24, 2.45) is 0 Å². The Kier molecular flexibility index (Phi) is 5.69. The van der Waals surface area contributed by atoms with E-state index in [2.05, 4.69) is 15.6 Å². The standard InChI is InChI=1S/C16H20F2N4O3/c1-24-8-11-6-22(21-20-11)7-15-16(14(23)9-25-15)19-5-10-2-3-12(17)13(18)4-10/h2-4,6,14-16,19,23H,5,7-9H2,1H3/t14-,15+,16+/m0/s1. The zero-order chi connectivity index (χ0) is 17.8. The molecule has 7 nitrogen and oxygen atoms in total. The molecule has 1 aliphatic heterocycles. The molecule has 0 radical (unpaired) electrons. The molecule has 0 saturated carbocycles. The quantitative estimate of drug-likeness (QED) is 0.759. The molecule has 2 N–H and O–H groups in total. The number of halogens is 2. The van der Waals surface area contributed by atoms with Crippen LogP contribution in [0.15, 0.2) is 24.4 Å². The fourth-order valence-corrected chi connectivity index (χ4v) is 2.82. The molecule has 1 aromatic carbocycles. The first-order chi connectivity index (χ1) is 12.1. The van der Waals surface area contributed by atoms with Crippen molar-refractivity contribution in [1.82, 2.24) is 20.3 Å². The lowest BCUT2D eigenvalue weighted by Gasteiger charge is -2.21. The van der Waals surface area contributed by atoms with Gasteiger partial charge in [0, 0.05) is 13.7 Å². The molecule has 2 heterocycles. The van der Waals surface area contributed by atoms with E-state index in [4.69, 9.17) is 9.47 Å². The minimum absolute atomic E-state index is 0.194.